The molecule has 3 rings (SSSR count). The van der Waals surface area contributed by atoms with E-state index in [9.17, 15) is 9.59 Å². The summed E-state index contributed by atoms with van der Waals surface area (Å²) in [6.07, 6.45) is 0. The lowest BCUT2D eigenvalue weighted by Gasteiger charge is -2.10. The zero-order valence-electron chi connectivity index (χ0n) is 15.5. The van der Waals surface area contributed by atoms with Gasteiger partial charge in [-0.25, -0.2) is 4.79 Å². The monoisotopic (exact) mass is 383 g/mol. The minimum atomic E-state index is -0.493. The van der Waals surface area contributed by atoms with Crippen LogP contribution in [-0.2, 0) is 11.3 Å². The molecule has 3 aromatic rings. The third-order valence-corrected chi connectivity index (χ3v) is 5.28. The van der Waals surface area contributed by atoms with Crippen LogP contribution >= 0.6 is 11.3 Å². The molecule has 6 heteroatoms. The number of para-hydroxylation sites is 1. The topological polar surface area (TPSA) is 57.5 Å². The van der Waals surface area contributed by atoms with Gasteiger partial charge in [0.05, 0.1) is 13.7 Å². The number of ketones is 1. The Morgan fingerprint density at radius 1 is 1.07 bits per heavy atom. The van der Waals surface area contributed by atoms with E-state index in [1.807, 2.05) is 31.4 Å². The Bertz CT molecular complexity index is 957. The number of esters is 1. The molecule has 0 saturated carbocycles. The lowest BCUT2D eigenvalue weighted by molar-refractivity contribution is 0.0594. The zero-order chi connectivity index (χ0) is 19.4. The number of Topliss-reactive ketones (excluding diaryl/α,β-unsaturated/α-hetero) is 1. The average Bonchev–Trinajstić information content (AvgIpc) is 3.29. The molecule has 0 radical (unpaired) electrons. The number of rotatable bonds is 7. The third kappa shape index (κ3) is 4.11. The average molecular weight is 383 g/mol. The van der Waals surface area contributed by atoms with Gasteiger partial charge in [-0.15, -0.1) is 11.3 Å². The first-order valence-corrected chi connectivity index (χ1v) is 9.41. The maximum atomic E-state index is 12.7. The Morgan fingerprint density at radius 2 is 1.85 bits per heavy atom. The van der Waals surface area contributed by atoms with Gasteiger partial charge in [0.15, 0.2) is 6.61 Å². The summed E-state index contributed by atoms with van der Waals surface area (Å²) in [4.78, 5) is 25.8. The lowest BCUT2D eigenvalue weighted by Crippen LogP contribution is -2.15. The molecule has 0 spiro atoms. The minimum absolute atomic E-state index is 0.125. The van der Waals surface area contributed by atoms with Crippen LogP contribution in [-0.4, -0.2) is 30.0 Å². The molecule has 0 aliphatic rings. The smallest absolute Gasteiger partial charge is 0.341 e. The SMILES string of the molecule is COC(=O)c1ccccc1OCC(=O)c1cc(C)n(Cc2cccs2)c1C. The van der Waals surface area contributed by atoms with Gasteiger partial charge >= 0.3 is 5.97 Å². The van der Waals surface area contributed by atoms with E-state index in [0.29, 0.717) is 16.9 Å². The molecule has 0 aliphatic carbocycles. The molecule has 0 saturated heterocycles. The van der Waals surface area contributed by atoms with E-state index < -0.39 is 5.97 Å². The molecule has 140 valence electrons. The molecule has 1 aromatic carbocycles. The van der Waals surface area contributed by atoms with Gasteiger partial charge in [0.1, 0.15) is 11.3 Å². The van der Waals surface area contributed by atoms with E-state index in [0.717, 1.165) is 17.9 Å². The molecule has 0 atom stereocenters. The minimum Gasteiger partial charge on any atom is -0.485 e. The van der Waals surface area contributed by atoms with Crippen LogP contribution in [0.2, 0.25) is 0 Å². The summed E-state index contributed by atoms with van der Waals surface area (Å²) in [5, 5.41) is 2.04. The standard InChI is InChI=1S/C21H21NO4S/c1-14-11-18(15(2)22(14)12-16-7-6-10-27-16)19(23)13-26-20-9-5-4-8-17(20)21(24)25-3/h4-11H,12-13H2,1-3H3. The number of thiophene rings is 1. The van der Waals surface area contributed by atoms with Crippen molar-refractivity contribution in [1.82, 2.24) is 4.57 Å². The number of benzene rings is 1. The van der Waals surface area contributed by atoms with Crippen molar-refractivity contribution in [3.63, 3.8) is 0 Å². The van der Waals surface area contributed by atoms with Crippen LogP contribution in [0, 0.1) is 13.8 Å². The van der Waals surface area contributed by atoms with Gasteiger partial charge in [0.25, 0.3) is 0 Å². The van der Waals surface area contributed by atoms with E-state index in [1.165, 1.54) is 12.0 Å². The predicted octanol–water partition coefficient (Wildman–Crippen LogP) is 4.26. The van der Waals surface area contributed by atoms with Crippen molar-refractivity contribution >= 4 is 23.1 Å². The highest BCUT2D eigenvalue weighted by atomic mass is 32.1. The number of carbonyl (C=O) groups excluding carboxylic acids is 2. The van der Waals surface area contributed by atoms with Crippen molar-refractivity contribution in [2.24, 2.45) is 0 Å². The molecule has 0 amide bonds. The number of ether oxygens (including phenoxy) is 2. The first-order valence-electron chi connectivity index (χ1n) is 8.53. The van der Waals surface area contributed by atoms with Crippen LogP contribution in [0.3, 0.4) is 0 Å². The largest absolute Gasteiger partial charge is 0.485 e. The van der Waals surface area contributed by atoms with E-state index in [2.05, 4.69) is 10.6 Å². The molecule has 5 nitrogen and oxygen atoms in total. The van der Waals surface area contributed by atoms with Gasteiger partial charge in [0, 0.05) is 21.8 Å². The van der Waals surface area contributed by atoms with Crippen LogP contribution in [0.25, 0.3) is 0 Å². The molecule has 0 fully saturated rings. The molecule has 0 bridgehead atoms. The summed E-state index contributed by atoms with van der Waals surface area (Å²) in [6.45, 7) is 4.53. The van der Waals surface area contributed by atoms with E-state index >= 15 is 0 Å². The molecule has 27 heavy (non-hydrogen) atoms. The zero-order valence-corrected chi connectivity index (χ0v) is 16.3. The fourth-order valence-electron chi connectivity index (χ4n) is 2.98. The molecule has 0 N–H and O–H groups in total. The number of aryl methyl sites for hydroxylation is 1. The van der Waals surface area contributed by atoms with Gasteiger partial charge in [0.2, 0.25) is 5.78 Å². The highest BCUT2D eigenvalue weighted by molar-refractivity contribution is 7.09. The van der Waals surface area contributed by atoms with Crippen molar-refractivity contribution in [3.8, 4) is 5.75 Å². The summed E-state index contributed by atoms with van der Waals surface area (Å²) in [6, 6.07) is 12.7. The normalized spacial score (nSPS) is 10.6. The number of aromatic nitrogens is 1. The van der Waals surface area contributed by atoms with Crippen LogP contribution in [0.5, 0.6) is 5.75 Å². The molecular weight excluding hydrogens is 362 g/mol. The fraction of sp³-hybridized carbons (Fsp3) is 0.238. The van der Waals surface area contributed by atoms with Gasteiger partial charge < -0.3 is 14.0 Å². The second kappa shape index (κ2) is 8.22. The summed E-state index contributed by atoms with van der Waals surface area (Å²) < 4.78 is 12.5. The maximum Gasteiger partial charge on any atom is 0.341 e. The van der Waals surface area contributed by atoms with Crippen LogP contribution in [0.1, 0.15) is 37.0 Å². The molecule has 0 aliphatic heterocycles. The predicted molar refractivity (Wildman–Crippen MR) is 105 cm³/mol. The van der Waals surface area contributed by atoms with Crippen LogP contribution < -0.4 is 4.74 Å². The van der Waals surface area contributed by atoms with Crippen molar-refractivity contribution in [2.75, 3.05) is 13.7 Å². The Kier molecular flexibility index (Phi) is 5.76. The lowest BCUT2D eigenvalue weighted by atomic mass is 10.1. The molecule has 2 aromatic heterocycles. The summed E-state index contributed by atoms with van der Waals surface area (Å²) in [5.41, 5.74) is 2.88. The number of hydrogen-bond donors (Lipinski definition) is 0. The molecular formula is C21H21NO4S. The Labute approximate surface area is 162 Å². The second-order valence-electron chi connectivity index (χ2n) is 6.15. The molecule has 0 unspecified atom stereocenters. The Morgan fingerprint density at radius 3 is 2.56 bits per heavy atom. The van der Waals surface area contributed by atoms with E-state index in [4.69, 9.17) is 9.47 Å². The van der Waals surface area contributed by atoms with Gasteiger partial charge in [-0.1, -0.05) is 18.2 Å². The Hall–Kier alpha value is -2.86. The van der Waals surface area contributed by atoms with E-state index in [-0.39, 0.29) is 12.4 Å². The first kappa shape index (κ1) is 18.9. The van der Waals surface area contributed by atoms with Crippen LogP contribution in [0.4, 0.5) is 0 Å². The number of carbonyl (C=O) groups is 2. The summed E-state index contributed by atoms with van der Waals surface area (Å²) >= 11 is 1.69. The summed E-state index contributed by atoms with van der Waals surface area (Å²) in [5.74, 6) is -0.280. The van der Waals surface area contributed by atoms with Gasteiger partial charge in [-0.2, -0.15) is 0 Å². The van der Waals surface area contributed by atoms with Crippen molar-refractivity contribution in [2.45, 2.75) is 20.4 Å². The number of hydrogen-bond acceptors (Lipinski definition) is 5. The first-order chi connectivity index (χ1) is 13.0. The van der Waals surface area contributed by atoms with Gasteiger partial charge in [-0.3, -0.25) is 4.79 Å². The highest BCUT2D eigenvalue weighted by Gasteiger charge is 2.18. The van der Waals surface area contributed by atoms with Crippen molar-refractivity contribution < 1.29 is 19.1 Å². The quantitative estimate of drug-likeness (QED) is 0.452. The van der Waals surface area contributed by atoms with E-state index in [1.54, 1.807) is 35.6 Å². The van der Waals surface area contributed by atoms with Crippen LogP contribution in [0.15, 0.2) is 47.8 Å². The van der Waals surface area contributed by atoms with Crippen molar-refractivity contribution in [1.29, 1.82) is 0 Å². The van der Waals surface area contributed by atoms with Crippen molar-refractivity contribution in [3.05, 3.63) is 75.2 Å². The number of nitrogens with zero attached hydrogens (tertiary/aromatic N) is 1. The Balaban J connectivity index is 1.75. The molecule has 2 heterocycles. The maximum absolute atomic E-state index is 12.7. The fourth-order valence-corrected chi connectivity index (χ4v) is 3.67. The van der Waals surface area contributed by atoms with Gasteiger partial charge in [-0.05, 0) is 43.5 Å². The number of methoxy groups -OCH3 is 1. The summed E-state index contributed by atoms with van der Waals surface area (Å²) in [7, 11) is 1.31. The highest BCUT2D eigenvalue weighted by Crippen LogP contribution is 2.22. The third-order valence-electron chi connectivity index (χ3n) is 4.42. The second-order valence-corrected chi connectivity index (χ2v) is 7.18.